The van der Waals surface area contributed by atoms with Crippen LogP contribution in [-0.2, 0) is 32.0 Å². The Morgan fingerprint density at radius 3 is 2.46 bits per heavy atom. The van der Waals surface area contributed by atoms with Crippen LogP contribution in [0.5, 0.6) is 5.88 Å². The van der Waals surface area contributed by atoms with Crippen molar-refractivity contribution in [2.45, 2.75) is 51.1 Å². The minimum absolute atomic E-state index is 0.0482. The molecule has 0 aliphatic carbocycles. The monoisotopic (exact) mass is 562 g/mol. The lowest BCUT2D eigenvalue weighted by Crippen LogP contribution is -2.47. The third-order valence-electron chi connectivity index (χ3n) is 5.84. The normalized spacial score (nSPS) is 13.5. The summed E-state index contributed by atoms with van der Waals surface area (Å²) < 4.78 is 0. The summed E-state index contributed by atoms with van der Waals surface area (Å²) in [6.07, 6.45) is 2.32. The van der Waals surface area contributed by atoms with Crippen LogP contribution in [0.1, 0.15) is 45.3 Å². The van der Waals surface area contributed by atoms with Gasteiger partial charge in [-0.2, -0.15) is 4.98 Å². The van der Waals surface area contributed by atoms with Crippen molar-refractivity contribution in [2.75, 3.05) is 0 Å². The molecule has 3 atom stereocenters. The summed E-state index contributed by atoms with van der Waals surface area (Å²) in [4.78, 5) is 75.4. The van der Waals surface area contributed by atoms with E-state index in [2.05, 4.69) is 25.3 Å². The van der Waals surface area contributed by atoms with E-state index in [1.807, 2.05) is 0 Å². The number of hydrogen-bond donors (Lipinski definition) is 7. The van der Waals surface area contributed by atoms with E-state index in [0.29, 0.717) is 34.6 Å². The average Bonchev–Trinajstić information content (AvgIpc) is 3.49. The van der Waals surface area contributed by atoms with Gasteiger partial charge in [0.1, 0.15) is 23.4 Å². The zero-order chi connectivity index (χ0) is 28.9. The van der Waals surface area contributed by atoms with E-state index >= 15 is 0 Å². The second-order valence-corrected chi connectivity index (χ2v) is 9.81. The van der Waals surface area contributed by atoms with Crippen LogP contribution in [0.4, 0.5) is 0 Å². The van der Waals surface area contributed by atoms with Gasteiger partial charge >= 0.3 is 17.9 Å². The number of nitrogens with one attached hydrogen (secondary N) is 2. The van der Waals surface area contributed by atoms with Gasteiger partial charge in [0.2, 0.25) is 5.88 Å². The van der Waals surface area contributed by atoms with Gasteiger partial charge in [-0.05, 0) is 38.2 Å². The molecule has 0 saturated heterocycles. The summed E-state index contributed by atoms with van der Waals surface area (Å²) >= 11 is 1.01. The van der Waals surface area contributed by atoms with E-state index in [4.69, 9.17) is 15.9 Å². The quantitative estimate of drug-likeness (QED) is 0.130. The molecule has 0 radical (unpaired) electrons. The maximum absolute atomic E-state index is 12.9. The lowest BCUT2D eigenvalue weighted by atomic mass is 9.89. The summed E-state index contributed by atoms with van der Waals surface area (Å²) in [6, 6.07) is -3.18. The molecule has 0 fully saturated rings. The van der Waals surface area contributed by atoms with Crippen molar-refractivity contribution in [3.05, 3.63) is 33.7 Å². The number of rotatable bonds is 14. The Balaban J connectivity index is 1.72. The molecule has 0 saturated carbocycles. The number of aromatic amines is 1. The number of ketones is 1. The zero-order valence-electron chi connectivity index (χ0n) is 20.6. The lowest BCUT2D eigenvalue weighted by Gasteiger charge is -2.21. The SMILES string of the molecule is Cc1nc(O)c2c(CCc3cnc(C(=O)N[C@@H](CCC(=O)O)C(=O)C(C[C@H](N)C(=O)O)C(=O)O)s3)c[nH]c2n1. The molecular formula is C23H26N6O9S. The summed E-state index contributed by atoms with van der Waals surface area (Å²) in [6.45, 7) is 1.65. The minimum Gasteiger partial charge on any atom is -0.493 e. The number of carbonyl (C=O) groups is 5. The molecule has 0 spiro atoms. The molecule has 3 heterocycles. The second-order valence-electron chi connectivity index (χ2n) is 8.70. The predicted octanol–water partition coefficient (Wildman–Crippen LogP) is 0.249. The van der Waals surface area contributed by atoms with Crippen LogP contribution in [0.25, 0.3) is 11.0 Å². The summed E-state index contributed by atoms with van der Waals surface area (Å²) in [5, 5.41) is 40.4. The Morgan fingerprint density at radius 2 is 1.82 bits per heavy atom. The highest BCUT2D eigenvalue weighted by molar-refractivity contribution is 7.13. The van der Waals surface area contributed by atoms with Crippen molar-refractivity contribution < 1.29 is 44.4 Å². The van der Waals surface area contributed by atoms with Gasteiger partial charge < -0.3 is 36.5 Å². The van der Waals surface area contributed by atoms with E-state index in [9.17, 15) is 34.2 Å². The number of carboxylic acids is 3. The number of thiazole rings is 1. The summed E-state index contributed by atoms with van der Waals surface area (Å²) in [7, 11) is 0. The van der Waals surface area contributed by atoms with Crippen LogP contribution in [0.15, 0.2) is 12.4 Å². The van der Waals surface area contributed by atoms with Crippen LogP contribution < -0.4 is 11.1 Å². The van der Waals surface area contributed by atoms with Crippen molar-refractivity contribution in [3.63, 3.8) is 0 Å². The summed E-state index contributed by atoms with van der Waals surface area (Å²) in [5.41, 5.74) is 6.63. The molecule has 0 aliphatic heterocycles. The molecule has 208 valence electrons. The number of carboxylic acid groups (broad SMARTS) is 3. The number of aliphatic carboxylic acids is 3. The molecule has 16 heteroatoms. The highest BCUT2D eigenvalue weighted by Crippen LogP contribution is 2.27. The first-order valence-corrected chi connectivity index (χ1v) is 12.4. The van der Waals surface area contributed by atoms with Crippen molar-refractivity contribution in [1.29, 1.82) is 0 Å². The number of aromatic hydroxyl groups is 1. The minimum atomic E-state index is -1.87. The van der Waals surface area contributed by atoms with Crippen LogP contribution >= 0.6 is 11.3 Å². The van der Waals surface area contributed by atoms with E-state index in [0.717, 1.165) is 16.9 Å². The third-order valence-corrected chi connectivity index (χ3v) is 6.89. The topological polar surface area (TPSA) is 259 Å². The molecular weight excluding hydrogens is 536 g/mol. The maximum atomic E-state index is 12.9. The van der Waals surface area contributed by atoms with E-state index in [1.54, 1.807) is 13.1 Å². The number of aromatic nitrogens is 4. The van der Waals surface area contributed by atoms with Gasteiger partial charge in [-0.3, -0.25) is 24.0 Å². The van der Waals surface area contributed by atoms with Crippen LogP contribution in [0.2, 0.25) is 0 Å². The number of amides is 1. The Hall–Kier alpha value is -4.44. The van der Waals surface area contributed by atoms with Gasteiger partial charge in [0.15, 0.2) is 10.8 Å². The predicted molar refractivity (Wildman–Crippen MR) is 134 cm³/mol. The molecule has 1 amide bonds. The number of nitrogens with two attached hydrogens (primary N) is 1. The highest BCUT2D eigenvalue weighted by Gasteiger charge is 2.36. The van der Waals surface area contributed by atoms with Crippen molar-refractivity contribution >= 4 is 52.0 Å². The number of nitrogens with zero attached hydrogens (tertiary/aromatic N) is 3. The number of H-pyrrole nitrogens is 1. The number of carbonyl (C=O) groups excluding carboxylic acids is 2. The van der Waals surface area contributed by atoms with Gasteiger partial charge in [0.25, 0.3) is 5.91 Å². The summed E-state index contributed by atoms with van der Waals surface area (Å²) in [5.74, 6) is -7.95. The molecule has 3 rings (SSSR count). The van der Waals surface area contributed by atoms with E-state index in [1.165, 1.54) is 6.20 Å². The first-order valence-electron chi connectivity index (χ1n) is 11.6. The molecule has 3 aromatic rings. The fourth-order valence-electron chi connectivity index (χ4n) is 3.88. The third kappa shape index (κ3) is 7.32. The molecule has 8 N–H and O–H groups in total. The molecule has 3 aromatic heterocycles. The fourth-order valence-corrected chi connectivity index (χ4v) is 4.69. The van der Waals surface area contributed by atoms with Gasteiger partial charge in [0, 0.05) is 23.7 Å². The van der Waals surface area contributed by atoms with Crippen molar-refractivity contribution in [2.24, 2.45) is 11.7 Å². The lowest BCUT2D eigenvalue weighted by molar-refractivity contribution is -0.148. The van der Waals surface area contributed by atoms with Crippen molar-refractivity contribution in [1.82, 2.24) is 25.3 Å². The van der Waals surface area contributed by atoms with Gasteiger partial charge in [0.05, 0.1) is 11.4 Å². The molecule has 0 aromatic carbocycles. The first-order chi connectivity index (χ1) is 18.4. The number of Topliss-reactive ketones (excluding diaryl/α,β-unsaturated/α-hetero) is 1. The second kappa shape index (κ2) is 12.4. The van der Waals surface area contributed by atoms with Crippen LogP contribution in [0, 0.1) is 12.8 Å². The molecule has 39 heavy (non-hydrogen) atoms. The van der Waals surface area contributed by atoms with Gasteiger partial charge in [-0.25, -0.2) is 9.97 Å². The van der Waals surface area contributed by atoms with E-state index < -0.39 is 66.9 Å². The Kier molecular flexibility index (Phi) is 9.26. The fraction of sp³-hybridized carbons (Fsp3) is 0.391. The first kappa shape index (κ1) is 29.1. The molecule has 15 nitrogen and oxygen atoms in total. The van der Waals surface area contributed by atoms with Crippen LogP contribution in [-0.4, -0.2) is 82.0 Å². The van der Waals surface area contributed by atoms with Crippen molar-refractivity contribution in [3.8, 4) is 5.88 Å². The largest absolute Gasteiger partial charge is 0.493 e. The molecule has 0 bridgehead atoms. The maximum Gasteiger partial charge on any atom is 0.320 e. The average molecular weight is 563 g/mol. The zero-order valence-corrected chi connectivity index (χ0v) is 21.4. The Bertz CT molecular complexity index is 1420. The number of hydrogen-bond acceptors (Lipinski definition) is 11. The van der Waals surface area contributed by atoms with Gasteiger partial charge in [-0.1, -0.05) is 0 Å². The number of fused-ring (bicyclic) bond motifs is 1. The molecule has 0 aliphatic rings. The highest BCUT2D eigenvalue weighted by atomic mass is 32.1. The Morgan fingerprint density at radius 1 is 1.10 bits per heavy atom. The Labute approximate surface area is 224 Å². The molecule has 1 unspecified atom stereocenters. The standard InChI is InChI=1S/C23H26N6O9S/c1-9-27-18-16(19(33)28-9)10(7-25-18)2-3-11-8-26-21(39-11)20(34)29-14(4-5-15(30)31)17(32)12(22(35)36)6-13(24)23(37)38/h7-8,12-14H,2-6,24H2,1H3,(H,29,34)(H,30,31)(H,35,36)(H,37,38)(H2,25,27,28,33)/t12?,13-,14-/m0/s1. The smallest absolute Gasteiger partial charge is 0.320 e. The van der Waals surface area contributed by atoms with Gasteiger partial charge in [-0.15, -0.1) is 11.3 Å². The van der Waals surface area contributed by atoms with E-state index in [-0.39, 0.29) is 10.9 Å². The van der Waals surface area contributed by atoms with Crippen LogP contribution in [0.3, 0.4) is 0 Å². The number of aryl methyl sites for hydroxylation is 3.